The van der Waals surface area contributed by atoms with Crippen LogP contribution in [0.15, 0.2) is 254 Å². The number of carbonyl (C=O) groups excluding carboxylic acids is 12. The van der Waals surface area contributed by atoms with Crippen LogP contribution in [0.4, 0.5) is 36.7 Å². The molecule has 21 rings (SSSR count). The number of pyridine rings is 3. The van der Waals surface area contributed by atoms with E-state index < -0.39 is 87.5 Å². The summed E-state index contributed by atoms with van der Waals surface area (Å²) in [6.45, 7) is 2.87. The Morgan fingerprint density at radius 1 is 0.367 bits per heavy atom. The summed E-state index contributed by atoms with van der Waals surface area (Å²) in [5.41, 5.74) is 6.21. The van der Waals surface area contributed by atoms with E-state index in [1.807, 2.05) is 67.6 Å². The highest BCUT2D eigenvalue weighted by molar-refractivity contribution is 6.12. The maximum absolute atomic E-state index is 14.1. The van der Waals surface area contributed by atoms with E-state index in [1.165, 1.54) is 78.6 Å². The first-order valence-electron chi connectivity index (χ1n) is 43.2. The minimum absolute atomic E-state index is 0.00562. The number of H-pyrrole nitrogens is 1. The van der Waals surface area contributed by atoms with Crippen LogP contribution in [0.25, 0.3) is 55.9 Å². The molecule has 700 valence electrons. The number of aromatic amines is 1. The Hall–Kier alpha value is -17.9. The van der Waals surface area contributed by atoms with Crippen molar-refractivity contribution in [2.45, 2.75) is 61.4 Å². The SMILES string of the molecule is COc1ccc2c(c1)C(=O)N(C[C@@]1(c3ccc(-c4cc(C(F)(F)F)ccn4)cc3)NC(=O)NC1=O)C2.COc1ccc2c(c1)C(=O)N(C[C@@]1(c3ccc(-c4cnccc4C)cc3)NC(=O)NC1=O)C2.COc1ccc2c(c1)C(=O)N(C[C@@]1(c3ccc(-c4nc5ccccc5[nH]c4=O)cc3)NC(=O)NC1=O)C2.COc1ccc2c(c1)C(=O)N(C[C@@]1(c3ccc(-c4ncccc4F)cc3)NC(=O)NC1=O)C2. The minimum Gasteiger partial charge on any atom is -0.497 e. The maximum Gasteiger partial charge on any atom is 0.416 e. The molecule has 9 N–H and O–H groups in total. The van der Waals surface area contributed by atoms with Crippen molar-refractivity contribution >= 4 is 82.4 Å². The quantitative estimate of drug-likeness (QED) is 0.0253. The van der Waals surface area contributed by atoms with Gasteiger partial charge in [0, 0.05) is 95.5 Å². The Kier molecular flexibility index (Phi) is 24.1. The number of rotatable bonds is 20. The van der Waals surface area contributed by atoms with Gasteiger partial charge < -0.3 is 64.8 Å². The Morgan fingerprint density at radius 2 is 0.727 bits per heavy atom. The van der Waals surface area contributed by atoms with Crippen LogP contribution in [0.5, 0.6) is 23.0 Å². The number of alkyl halides is 3. The van der Waals surface area contributed by atoms with Crippen LogP contribution in [0.3, 0.4) is 0 Å². The zero-order chi connectivity index (χ0) is 97.7. The molecule has 4 atom stereocenters. The summed E-state index contributed by atoms with van der Waals surface area (Å²) in [6.07, 6.45) is 1.57. The Morgan fingerprint density at radius 3 is 1.07 bits per heavy atom. The second kappa shape index (κ2) is 36.5. The van der Waals surface area contributed by atoms with Gasteiger partial charge in [0.2, 0.25) is 0 Å². The number of aromatic nitrogens is 5. The number of nitrogens with one attached hydrogen (secondary N) is 9. The van der Waals surface area contributed by atoms with Crippen LogP contribution in [0.2, 0.25) is 0 Å². The fraction of sp³-hybridized carbons (Fsp3) is 0.178. The zero-order valence-corrected chi connectivity index (χ0v) is 74.4. The number of para-hydroxylation sites is 2. The van der Waals surface area contributed by atoms with Crippen LogP contribution in [0, 0.1) is 12.7 Å². The van der Waals surface area contributed by atoms with Gasteiger partial charge in [-0.1, -0.05) is 133 Å². The maximum atomic E-state index is 14.1. The van der Waals surface area contributed by atoms with Gasteiger partial charge in [0.05, 0.1) is 76.9 Å². The van der Waals surface area contributed by atoms with E-state index >= 15 is 0 Å². The number of hydrogen-bond acceptors (Lipinski definition) is 21. The summed E-state index contributed by atoms with van der Waals surface area (Å²) in [6, 6.07) is 58.8. The molecule has 8 aliphatic rings. The van der Waals surface area contributed by atoms with Crippen LogP contribution >= 0.6 is 0 Å². The van der Waals surface area contributed by atoms with E-state index in [0.29, 0.717) is 108 Å². The number of aryl methyl sites for hydroxylation is 1. The number of benzene rings is 9. The minimum atomic E-state index is -4.52. The Labute approximate surface area is 786 Å². The molecule has 0 spiro atoms. The molecule has 13 aromatic rings. The van der Waals surface area contributed by atoms with Crippen LogP contribution in [-0.2, 0) is 73.7 Å². The Bertz CT molecular complexity index is 7160. The van der Waals surface area contributed by atoms with Crippen molar-refractivity contribution in [1.29, 1.82) is 0 Å². The Balaban J connectivity index is 0.000000123. The largest absolute Gasteiger partial charge is 0.497 e. The molecule has 0 radical (unpaired) electrons. The summed E-state index contributed by atoms with van der Waals surface area (Å²) in [5, 5.41) is 19.9. The van der Waals surface area contributed by atoms with E-state index in [9.17, 15) is 79.9 Å². The number of ether oxygens (including phenoxy) is 4. The molecule has 0 unspecified atom stereocenters. The normalized spacial score (nSPS) is 19.1. The van der Waals surface area contributed by atoms with Gasteiger partial charge in [0.1, 0.15) is 40.2 Å². The summed E-state index contributed by atoms with van der Waals surface area (Å²) >= 11 is 0. The lowest BCUT2D eigenvalue weighted by molar-refractivity contribution is -0.137. The van der Waals surface area contributed by atoms with Crippen LogP contribution in [-0.4, -0.2) is 171 Å². The van der Waals surface area contributed by atoms with Gasteiger partial charge in [0.15, 0.2) is 22.2 Å². The van der Waals surface area contributed by atoms with Crippen molar-refractivity contribution in [3.63, 3.8) is 0 Å². The molecule has 4 saturated heterocycles. The van der Waals surface area contributed by atoms with E-state index in [2.05, 4.69) is 67.5 Å². The van der Waals surface area contributed by atoms with Gasteiger partial charge in [-0.3, -0.25) is 79.4 Å². The second-order valence-corrected chi connectivity index (χ2v) is 33.7. The number of halogens is 4. The highest BCUT2D eigenvalue weighted by Gasteiger charge is 2.55. The lowest BCUT2D eigenvalue weighted by atomic mass is 9.88. The predicted octanol–water partition coefficient (Wildman–Crippen LogP) is 11.1. The number of methoxy groups -OCH3 is 4. The summed E-state index contributed by atoms with van der Waals surface area (Å²) in [5.74, 6) is -1.54. The van der Waals surface area contributed by atoms with Crippen LogP contribution in [0.1, 0.15) is 97.1 Å². The fourth-order valence-electron chi connectivity index (χ4n) is 18.2. The third-order valence-corrected chi connectivity index (χ3v) is 25.4. The number of hydrogen-bond donors (Lipinski definition) is 9. The van der Waals surface area contributed by atoms with Gasteiger partial charge in [-0.25, -0.2) is 28.6 Å². The van der Waals surface area contributed by atoms with Crippen molar-refractivity contribution in [2.24, 2.45) is 0 Å². The third-order valence-electron chi connectivity index (χ3n) is 25.4. The average molecular weight is 1880 g/mol. The first-order valence-corrected chi connectivity index (χ1v) is 43.2. The standard InChI is InChI=1S/C27H21N5O5.C25H19F3N4O4.C25H22N4O4.C24H19FN4O4/c1-37-18-11-8-16-13-32(24(34)19(16)12-18)14-27(25(35)30-26(36)31-27)17-9-6-15(7-10-17)22-23(33)29-21-5-3-2-4-20(21)28-22;1-36-18-7-4-15-12-32(21(33)19(15)11-18)13-24(22(34)30-23(35)31-24)16-5-2-14(3-6-16)20-10-17(8-9-29-20)25(26,27)28;1-15-9-10-26-12-21(15)16-3-6-18(7-4-16)25(23(31)27-24(32)28-25)14-29-13-17-5-8-19(33-2)11-20(17)22(29)30;1-33-17-9-6-15-12-29(21(30)18(15)11-17)13-24(22(31)27-23(32)28-24)16-7-4-14(5-8-16)20-19(25)3-2-10-26-20/h2-12H,13-14H2,1H3,(H,29,33)(H2,30,31,35,36);2-11H,12-13H2,1H3,(H2,30,31,34,35);3-12H,13-14H2,1-2H3,(H2,27,28,31,32);2-11H,12-13H2,1H3,(H2,27,28,31,32)/t27-;24-;25-;24-/m0000/s1. The molecule has 38 heteroatoms. The number of imide groups is 4. The molecule has 9 aromatic carbocycles. The van der Waals surface area contributed by atoms with E-state index in [0.717, 1.165) is 57.3 Å². The highest BCUT2D eigenvalue weighted by atomic mass is 19.4. The molecule has 0 bridgehead atoms. The lowest BCUT2D eigenvalue weighted by Crippen LogP contribution is -2.52. The molecule has 34 nitrogen and oxygen atoms in total. The summed E-state index contributed by atoms with van der Waals surface area (Å²) < 4.78 is 74.3. The molecule has 0 aliphatic carbocycles. The van der Waals surface area contributed by atoms with Crippen molar-refractivity contribution in [3.05, 3.63) is 343 Å². The molecule has 12 heterocycles. The average Bonchev–Trinajstić information content (AvgIpc) is 1.62. The first-order chi connectivity index (χ1) is 66.8. The van der Waals surface area contributed by atoms with Gasteiger partial charge in [0.25, 0.3) is 52.8 Å². The summed E-state index contributed by atoms with van der Waals surface area (Å²) in [4.78, 5) is 192. The first kappa shape index (κ1) is 91.6. The number of amides is 16. The fourth-order valence-corrected chi connectivity index (χ4v) is 18.2. The lowest BCUT2D eigenvalue weighted by Gasteiger charge is -2.31. The van der Waals surface area contributed by atoms with Crippen molar-refractivity contribution in [1.82, 2.24) is 87.1 Å². The van der Waals surface area contributed by atoms with Crippen molar-refractivity contribution < 1.29 is 94.0 Å². The van der Waals surface area contributed by atoms with Gasteiger partial charge in [-0.05, 0) is 154 Å². The van der Waals surface area contributed by atoms with E-state index in [1.54, 1.807) is 140 Å². The van der Waals surface area contributed by atoms with Gasteiger partial charge >= 0.3 is 30.3 Å². The monoisotopic (exact) mass is 1880 g/mol. The number of carbonyl (C=O) groups is 12. The molecule has 0 saturated carbocycles. The molecular weight excluding hydrogens is 1800 g/mol. The third kappa shape index (κ3) is 17.3. The molecule has 139 heavy (non-hydrogen) atoms. The molecule has 4 fully saturated rings. The molecule has 16 amide bonds. The highest BCUT2D eigenvalue weighted by Crippen LogP contribution is 2.42. The number of nitrogens with zero attached hydrogens (tertiary/aromatic N) is 8. The molecular formula is C101H81F4N17O17. The summed E-state index contributed by atoms with van der Waals surface area (Å²) in [7, 11) is 6.08. The topological polar surface area (TPSA) is 435 Å². The zero-order valence-electron chi connectivity index (χ0n) is 74.4. The van der Waals surface area contributed by atoms with Gasteiger partial charge in [-0.15, -0.1) is 0 Å². The smallest absolute Gasteiger partial charge is 0.416 e. The van der Waals surface area contributed by atoms with Crippen molar-refractivity contribution in [3.8, 4) is 67.9 Å². The van der Waals surface area contributed by atoms with Gasteiger partial charge in [-0.2, -0.15) is 13.2 Å². The molecule has 4 aromatic heterocycles. The number of urea groups is 4. The predicted molar refractivity (Wildman–Crippen MR) is 491 cm³/mol. The van der Waals surface area contributed by atoms with Crippen LogP contribution < -0.4 is 67.0 Å². The molecule has 8 aliphatic heterocycles. The van der Waals surface area contributed by atoms with E-state index in [4.69, 9.17) is 18.9 Å². The number of fused-ring (bicyclic) bond motifs is 5. The second-order valence-electron chi connectivity index (χ2n) is 33.7. The van der Waals surface area contributed by atoms with Crippen molar-refractivity contribution in [2.75, 3.05) is 54.6 Å². The van der Waals surface area contributed by atoms with E-state index in [-0.39, 0.29) is 85.5 Å².